The predicted molar refractivity (Wildman–Crippen MR) is 100 cm³/mol. The molecule has 0 unspecified atom stereocenters. The summed E-state index contributed by atoms with van der Waals surface area (Å²) in [7, 11) is 0. The number of aromatic nitrogens is 1. The summed E-state index contributed by atoms with van der Waals surface area (Å²) >= 11 is 0. The molecule has 4 nitrogen and oxygen atoms in total. The predicted octanol–water partition coefficient (Wildman–Crippen LogP) is 4.07. The number of benzene rings is 2. The van der Waals surface area contributed by atoms with E-state index in [0.29, 0.717) is 18.8 Å². The zero-order valence-corrected chi connectivity index (χ0v) is 14.5. The van der Waals surface area contributed by atoms with E-state index < -0.39 is 0 Å². The van der Waals surface area contributed by atoms with Crippen LogP contribution in [-0.2, 0) is 13.1 Å². The number of hydrogen-bond donors (Lipinski definition) is 2. The molecule has 0 saturated heterocycles. The maximum absolute atomic E-state index is 12.9. The van der Waals surface area contributed by atoms with E-state index in [1.165, 1.54) is 17.7 Å². The number of carbonyl (C=O) groups is 1. The lowest BCUT2D eigenvalue weighted by Crippen LogP contribution is -2.23. The highest BCUT2D eigenvalue weighted by atomic mass is 19.1. The van der Waals surface area contributed by atoms with Crippen LogP contribution in [0.1, 0.15) is 27.2 Å². The third-order valence-electron chi connectivity index (χ3n) is 3.98. The number of hydrogen-bond acceptors (Lipinski definition) is 3. The van der Waals surface area contributed by atoms with Gasteiger partial charge < -0.3 is 10.6 Å². The number of pyridine rings is 1. The third kappa shape index (κ3) is 4.89. The highest BCUT2D eigenvalue weighted by Crippen LogP contribution is 2.11. The molecular formula is C21H20FN3O. The van der Waals surface area contributed by atoms with Crippen molar-refractivity contribution in [3.05, 3.63) is 95.1 Å². The van der Waals surface area contributed by atoms with E-state index in [0.717, 1.165) is 16.8 Å². The molecule has 1 aromatic heterocycles. The van der Waals surface area contributed by atoms with Gasteiger partial charge in [0, 0.05) is 25.0 Å². The Morgan fingerprint density at radius 2 is 1.62 bits per heavy atom. The van der Waals surface area contributed by atoms with E-state index in [4.69, 9.17) is 0 Å². The molecule has 3 aromatic rings. The maximum Gasteiger partial charge on any atom is 0.270 e. The number of carbonyl (C=O) groups excluding carboxylic acids is 1. The molecule has 3 rings (SSSR count). The summed E-state index contributed by atoms with van der Waals surface area (Å²) in [6.07, 6.45) is 1.59. The lowest BCUT2D eigenvalue weighted by Gasteiger charge is -2.09. The summed E-state index contributed by atoms with van der Waals surface area (Å²) in [4.78, 5) is 16.4. The first-order chi connectivity index (χ1) is 12.6. The normalized spacial score (nSPS) is 10.4. The first-order valence-corrected chi connectivity index (χ1v) is 8.38. The summed E-state index contributed by atoms with van der Waals surface area (Å²) in [5.41, 5.74) is 4.30. The van der Waals surface area contributed by atoms with Crippen molar-refractivity contribution in [1.82, 2.24) is 10.3 Å². The van der Waals surface area contributed by atoms with Gasteiger partial charge in [0.15, 0.2) is 0 Å². The molecule has 1 amide bonds. The fourth-order valence-corrected chi connectivity index (χ4v) is 2.45. The summed E-state index contributed by atoms with van der Waals surface area (Å²) in [5, 5.41) is 6.08. The second-order valence-electron chi connectivity index (χ2n) is 6.08. The van der Waals surface area contributed by atoms with Crippen molar-refractivity contribution in [3.63, 3.8) is 0 Å². The molecule has 2 aromatic carbocycles. The molecule has 26 heavy (non-hydrogen) atoms. The minimum absolute atomic E-state index is 0.226. The minimum Gasteiger partial charge on any atom is -0.381 e. The lowest BCUT2D eigenvalue weighted by atomic mass is 10.1. The van der Waals surface area contributed by atoms with Gasteiger partial charge in [-0.1, -0.05) is 42.0 Å². The second kappa shape index (κ2) is 8.25. The minimum atomic E-state index is -0.259. The van der Waals surface area contributed by atoms with E-state index in [1.54, 1.807) is 30.5 Å². The molecule has 1 heterocycles. The molecular weight excluding hydrogens is 329 g/mol. The quantitative estimate of drug-likeness (QED) is 0.705. The van der Waals surface area contributed by atoms with Crippen molar-refractivity contribution in [2.45, 2.75) is 20.0 Å². The highest BCUT2D eigenvalue weighted by molar-refractivity contribution is 5.93. The van der Waals surface area contributed by atoms with Crippen molar-refractivity contribution in [2.24, 2.45) is 0 Å². The fourth-order valence-electron chi connectivity index (χ4n) is 2.45. The van der Waals surface area contributed by atoms with Crippen LogP contribution in [0.15, 0.2) is 66.9 Å². The van der Waals surface area contributed by atoms with E-state index in [2.05, 4.69) is 15.6 Å². The maximum atomic E-state index is 12.9. The zero-order valence-electron chi connectivity index (χ0n) is 14.5. The number of halogens is 1. The van der Waals surface area contributed by atoms with Gasteiger partial charge in [0.05, 0.1) is 0 Å². The van der Waals surface area contributed by atoms with E-state index in [9.17, 15) is 9.18 Å². The topological polar surface area (TPSA) is 54.0 Å². The van der Waals surface area contributed by atoms with Gasteiger partial charge in [-0.25, -0.2) is 4.39 Å². The Balaban J connectivity index is 1.58. The standard InChI is InChI=1S/C21H20FN3O/c1-15-2-4-16(5-3-15)14-25-21(26)20-12-19(10-11-23-20)24-13-17-6-8-18(22)9-7-17/h2-12H,13-14H2,1H3,(H,23,24)(H,25,26). The average Bonchev–Trinajstić information content (AvgIpc) is 2.67. The third-order valence-corrected chi connectivity index (χ3v) is 3.98. The summed E-state index contributed by atoms with van der Waals surface area (Å²) in [6.45, 7) is 3.01. The second-order valence-corrected chi connectivity index (χ2v) is 6.08. The summed E-state index contributed by atoms with van der Waals surface area (Å²) in [5.74, 6) is -0.485. The molecule has 0 radical (unpaired) electrons. The smallest absolute Gasteiger partial charge is 0.270 e. The zero-order chi connectivity index (χ0) is 18.4. The first kappa shape index (κ1) is 17.6. The number of rotatable bonds is 6. The lowest BCUT2D eigenvalue weighted by molar-refractivity contribution is 0.0946. The van der Waals surface area contributed by atoms with E-state index in [1.807, 2.05) is 31.2 Å². The van der Waals surface area contributed by atoms with Crippen molar-refractivity contribution in [1.29, 1.82) is 0 Å². The van der Waals surface area contributed by atoms with Crippen LogP contribution >= 0.6 is 0 Å². The summed E-state index contributed by atoms with van der Waals surface area (Å²) < 4.78 is 12.9. The first-order valence-electron chi connectivity index (χ1n) is 8.38. The molecule has 0 fully saturated rings. The van der Waals surface area contributed by atoms with Crippen molar-refractivity contribution in [3.8, 4) is 0 Å². The van der Waals surface area contributed by atoms with Crippen molar-refractivity contribution >= 4 is 11.6 Å². The molecule has 0 spiro atoms. The number of aryl methyl sites for hydroxylation is 1. The van der Waals surface area contributed by atoms with Gasteiger partial charge in [0.25, 0.3) is 5.91 Å². The molecule has 0 bridgehead atoms. The van der Waals surface area contributed by atoms with E-state index >= 15 is 0 Å². The molecule has 132 valence electrons. The van der Waals surface area contributed by atoms with Crippen LogP contribution in [0.4, 0.5) is 10.1 Å². The van der Waals surface area contributed by atoms with Crippen LogP contribution in [0.3, 0.4) is 0 Å². The Bertz CT molecular complexity index is 877. The number of nitrogens with one attached hydrogen (secondary N) is 2. The Labute approximate surface area is 152 Å². The van der Waals surface area contributed by atoms with E-state index in [-0.39, 0.29) is 11.7 Å². The largest absolute Gasteiger partial charge is 0.381 e. The fraction of sp³-hybridized carbons (Fsp3) is 0.143. The SMILES string of the molecule is Cc1ccc(CNC(=O)c2cc(NCc3ccc(F)cc3)ccn2)cc1. The molecule has 0 aliphatic carbocycles. The van der Waals surface area contributed by atoms with Crippen LogP contribution in [-0.4, -0.2) is 10.9 Å². The van der Waals surface area contributed by atoms with Crippen LogP contribution in [0, 0.1) is 12.7 Å². The Morgan fingerprint density at radius 3 is 2.35 bits per heavy atom. The molecule has 2 N–H and O–H groups in total. The number of nitrogens with zero attached hydrogens (tertiary/aromatic N) is 1. The van der Waals surface area contributed by atoms with Gasteiger partial charge in [-0.3, -0.25) is 9.78 Å². The van der Waals surface area contributed by atoms with Gasteiger partial charge in [0.1, 0.15) is 11.5 Å². The van der Waals surface area contributed by atoms with Crippen LogP contribution in [0.2, 0.25) is 0 Å². The Kier molecular flexibility index (Phi) is 5.59. The van der Waals surface area contributed by atoms with Crippen molar-refractivity contribution < 1.29 is 9.18 Å². The van der Waals surface area contributed by atoms with Gasteiger partial charge >= 0.3 is 0 Å². The van der Waals surface area contributed by atoms with Gasteiger partial charge in [0.2, 0.25) is 0 Å². The molecule has 0 saturated carbocycles. The van der Waals surface area contributed by atoms with Crippen LogP contribution in [0.25, 0.3) is 0 Å². The van der Waals surface area contributed by atoms with Gasteiger partial charge in [-0.15, -0.1) is 0 Å². The molecule has 0 atom stereocenters. The van der Waals surface area contributed by atoms with Gasteiger partial charge in [-0.2, -0.15) is 0 Å². The van der Waals surface area contributed by atoms with Crippen LogP contribution in [0.5, 0.6) is 0 Å². The molecule has 0 aliphatic heterocycles. The Hall–Kier alpha value is -3.21. The average molecular weight is 349 g/mol. The molecule has 5 heteroatoms. The number of amides is 1. The number of anilines is 1. The summed E-state index contributed by atoms with van der Waals surface area (Å²) in [6, 6.07) is 17.8. The molecule has 0 aliphatic rings. The van der Waals surface area contributed by atoms with Gasteiger partial charge in [-0.05, 0) is 42.3 Å². The van der Waals surface area contributed by atoms with Crippen molar-refractivity contribution in [2.75, 3.05) is 5.32 Å². The Morgan fingerprint density at radius 1 is 0.962 bits per heavy atom. The highest BCUT2D eigenvalue weighted by Gasteiger charge is 2.08. The monoisotopic (exact) mass is 349 g/mol. The van der Waals surface area contributed by atoms with Crippen LogP contribution < -0.4 is 10.6 Å².